The molecule has 51 heavy (non-hydrogen) atoms. The first-order valence-corrected chi connectivity index (χ1v) is 17.7. The van der Waals surface area contributed by atoms with Gasteiger partial charge in [-0.2, -0.15) is 0 Å². The maximum atomic E-state index is 14.1. The topological polar surface area (TPSA) is 183 Å². The fraction of sp³-hybridized carbons (Fsp3) is 0.649. The minimum Gasteiger partial charge on any atom is -0.447 e. The first kappa shape index (κ1) is 40.9. The van der Waals surface area contributed by atoms with Crippen molar-refractivity contribution in [2.75, 3.05) is 27.2 Å². The molecule has 1 aromatic rings. The fourth-order valence-electron chi connectivity index (χ4n) is 6.74. The normalized spacial score (nSPS) is 20.6. The van der Waals surface area contributed by atoms with E-state index in [-0.39, 0.29) is 29.6 Å². The maximum absolute atomic E-state index is 14.1. The molecule has 282 valence electrons. The van der Waals surface area contributed by atoms with Gasteiger partial charge in [0.15, 0.2) is 0 Å². The van der Waals surface area contributed by atoms with E-state index in [0.29, 0.717) is 24.9 Å². The molecular formula is C37H56N6O8. The van der Waals surface area contributed by atoms with Gasteiger partial charge >= 0.3 is 6.09 Å². The van der Waals surface area contributed by atoms with Crippen LogP contribution in [0.5, 0.6) is 0 Å². The molecule has 2 aliphatic rings. The standard InChI is InChI=1S/C37H56N6O8/c1-11-12-18-24(29(45)32(47)38-19-25(44)40-27(33(48)42(9)10)22-16-14-13-15-17-22)39-31(46)28-26-23(37(26,7)8)20-43(28)34(49)30(36(4,5)6)41-35(50)51-21(2)3/h13-17,21,23-24,26-28,30H,11-12,18-20H2,1-10H3,(H,38,47)(H,39,46)(H,40,44)(H,41,50)/t23-,24?,26-,27+,28+,30-/m1/s1. The molecule has 1 aliphatic heterocycles. The molecule has 0 radical (unpaired) electrons. The number of carbonyl (C=O) groups is 7. The molecule has 1 aliphatic carbocycles. The largest absolute Gasteiger partial charge is 0.447 e. The van der Waals surface area contributed by atoms with Crippen LogP contribution in [0.2, 0.25) is 0 Å². The van der Waals surface area contributed by atoms with E-state index in [4.69, 9.17) is 4.74 Å². The van der Waals surface area contributed by atoms with Crippen LogP contribution in [0.3, 0.4) is 0 Å². The highest BCUT2D eigenvalue weighted by Gasteiger charge is 2.70. The predicted octanol–water partition coefficient (Wildman–Crippen LogP) is 2.32. The maximum Gasteiger partial charge on any atom is 0.408 e. The first-order chi connectivity index (χ1) is 23.7. The summed E-state index contributed by atoms with van der Waals surface area (Å²) in [5.74, 6) is -4.21. The van der Waals surface area contributed by atoms with Crippen molar-refractivity contribution < 1.29 is 38.3 Å². The minimum atomic E-state index is -1.21. The zero-order chi connectivity index (χ0) is 38.4. The molecule has 0 spiro atoms. The van der Waals surface area contributed by atoms with Crippen LogP contribution in [0.15, 0.2) is 30.3 Å². The monoisotopic (exact) mass is 712 g/mol. The second-order valence-corrected chi connectivity index (χ2v) is 15.7. The second kappa shape index (κ2) is 16.7. The third-order valence-corrected chi connectivity index (χ3v) is 9.72. The summed E-state index contributed by atoms with van der Waals surface area (Å²) in [7, 11) is 3.12. The lowest BCUT2D eigenvalue weighted by molar-refractivity contribution is -0.145. The van der Waals surface area contributed by atoms with E-state index >= 15 is 0 Å². The molecule has 2 fully saturated rings. The Bertz CT molecular complexity index is 1470. The van der Waals surface area contributed by atoms with Crippen LogP contribution >= 0.6 is 0 Å². The Labute approximate surface area is 301 Å². The van der Waals surface area contributed by atoms with Crippen molar-refractivity contribution in [3.63, 3.8) is 0 Å². The van der Waals surface area contributed by atoms with Gasteiger partial charge in [-0.3, -0.25) is 28.8 Å². The summed E-state index contributed by atoms with van der Waals surface area (Å²) in [5, 5.41) is 10.4. The molecule has 1 saturated carbocycles. The van der Waals surface area contributed by atoms with Crippen molar-refractivity contribution in [1.82, 2.24) is 31.1 Å². The average molecular weight is 713 g/mol. The molecule has 14 heteroatoms. The SMILES string of the molecule is CCCCC(NC(=O)[C@@H]1[C@H]2[C@@H](CN1C(=O)[C@@H](NC(=O)OC(C)C)C(C)(C)C)C2(C)C)C(=O)C(=O)NCC(=O)N[C@H](C(=O)N(C)C)c1ccccc1. The van der Waals surface area contributed by atoms with Crippen molar-refractivity contribution >= 4 is 41.4 Å². The molecule has 1 saturated heterocycles. The van der Waals surface area contributed by atoms with Crippen LogP contribution in [0.1, 0.15) is 86.3 Å². The van der Waals surface area contributed by atoms with Gasteiger partial charge in [-0.15, -0.1) is 0 Å². The number of ether oxygens (including phenoxy) is 1. The van der Waals surface area contributed by atoms with Gasteiger partial charge in [0.25, 0.3) is 5.91 Å². The molecule has 1 unspecified atom stereocenters. The molecule has 4 N–H and O–H groups in total. The van der Waals surface area contributed by atoms with Crippen molar-refractivity contribution in [3.05, 3.63) is 35.9 Å². The molecule has 1 aromatic carbocycles. The van der Waals surface area contributed by atoms with Crippen molar-refractivity contribution in [2.45, 2.75) is 105 Å². The highest BCUT2D eigenvalue weighted by atomic mass is 16.6. The average Bonchev–Trinajstić information content (AvgIpc) is 3.36. The number of nitrogens with one attached hydrogen (secondary N) is 4. The van der Waals surface area contributed by atoms with Gasteiger partial charge in [-0.05, 0) is 48.5 Å². The van der Waals surface area contributed by atoms with Gasteiger partial charge in [-0.1, -0.05) is 84.7 Å². The number of likely N-dealkylation sites (N-methyl/N-ethyl adjacent to an activating group) is 1. The number of fused-ring (bicyclic) bond motifs is 1. The number of hydrogen-bond donors (Lipinski definition) is 4. The second-order valence-electron chi connectivity index (χ2n) is 15.7. The number of benzene rings is 1. The van der Waals surface area contributed by atoms with E-state index in [1.165, 1.54) is 9.80 Å². The summed E-state index contributed by atoms with van der Waals surface area (Å²) < 4.78 is 5.24. The number of alkyl carbamates (subject to hydrolysis) is 1. The van der Waals surface area contributed by atoms with Gasteiger partial charge in [0.1, 0.15) is 18.1 Å². The number of nitrogens with zero attached hydrogens (tertiary/aromatic N) is 2. The van der Waals surface area contributed by atoms with E-state index < -0.39 is 77.7 Å². The fourth-order valence-corrected chi connectivity index (χ4v) is 6.74. The molecule has 14 nitrogen and oxygen atoms in total. The summed E-state index contributed by atoms with van der Waals surface area (Å²) in [6.45, 7) is 14.5. The van der Waals surface area contributed by atoms with E-state index in [0.717, 1.165) is 0 Å². The quantitative estimate of drug-likeness (QED) is 0.200. The number of piperidine rings is 1. The van der Waals surface area contributed by atoms with Crippen LogP contribution < -0.4 is 21.3 Å². The Morgan fingerprint density at radius 1 is 0.980 bits per heavy atom. The summed E-state index contributed by atoms with van der Waals surface area (Å²) in [6, 6.07) is 4.50. The highest BCUT2D eigenvalue weighted by Crippen LogP contribution is 2.65. The van der Waals surface area contributed by atoms with Crippen molar-refractivity contribution in [2.24, 2.45) is 22.7 Å². The lowest BCUT2D eigenvalue weighted by Crippen LogP contribution is -2.60. The third-order valence-electron chi connectivity index (χ3n) is 9.72. The highest BCUT2D eigenvalue weighted by molar-refractivity contribution is 6.38. The van der Waals surface area contributed by atoms with Crippen molar-refractivity contribution in [1.29, 1.82) is 0 Å². The molecule has 1 heterocycles. The Morgan fingerprint density at radius 2 is 1.61 bits per heavy atom. The van der Waals surface area contributed by atoms with Crippen LogP contribution in [-0.2, 0) is 33.5 Å². The van der Waals surface area contributed by atoms with Gasteiger partial charge in [-0.25, -0.2) is 4.79 Å². The minimum absolute atomic E-state index is 0.0335. The van der Waals surface area contributed by atoms with Crippen LogP contribution in [-0.4, -0.2) is 103 Å². The van der Waals surface area contributed by atoms with Crippen LogP contribution in [0.25, 0.3) is 0 Å². The molecule has 0 bridgehead atoms. The van der Waals surface area contributed by atoms with Crippen molar-refractivity contribution in [3.8, 4) is 0 Å². The number of likely N-dealkylation sites (tertiary alicyclic amines) is 1. The van der Waals surface area contributed by atoms with E-state index in [9.17, 15) is 33.6 Å². The summed E-state index contributed by atoms with van der Waals surface area (Å²) in [5.41, 5.74) is -0.407. The van der Waals surface area contributed by atoms with E-state index in [2.05, 4.69) is 21.3 Å². The van der Waals surface area contributed by atoms with E-state index in [1.54, 1.807) is 79.0 Å². The molecule has 0 aromatic heterocycles. The number of unbranched alkanes of at least 4 members (excludes halogenated alkanes) is 1. The molecule has 6 amide bonds. The Balaban J connectivity index is 1.75. The number of ketones is 1. The Hall–Kier alpha value is -4.49. The zero-order valence-corrected chi connectivity index (χ0v) is 31.6. The lowest BCUT2D eigenvalue weighted by atomic mass is 9.85. The Morgan fingerprint density at radius 3 is 2.16 bits per heavy atom. The lowest BCUT2D eigenvalue weighted by Gasteiger charge is -2.37. The van der Waals surface area contributed by atoms with Gasteiger partial charge in [0.05, 0.1) is 18.7 Å². The summed E-state index contributed by atoms with van der Waals surface area (Å²) in [4.78, 5) is 95.8. The number of rotatable bonds is 15. The predicted molar refractivity (Wildman–Crippen MR) is 190 cm³/mol. The number of hydrogen-bond acceptors (Lipinski definition) is 8. The summed E-state index contributed by atoms with van der Waals surface area (Å²) >= 11 is 0. The van der Waals surface area contributed by atoms with Gasteiger partial charge in [0, 0.05) is 20.6 Å². The van der Waals surface area contributed by atoms with Crippen LogP contribution in [0, 0.1) is 22.7 Å². The van der Waals surface area contributed by atoms with Crippen LogP contribution in [0.4, 0.5) is 4.79 Å². The summed E-state index contributed by atoms with van der Waals surface area (Å²) in [6.07, 6.45) is 0.228. The van der Waals surface area contributed by atoms with E-state index in [1.807, 2.05) is 20.8 Å². The molecule has 3 rings (SSSR count). The zero-order valence-electron chi connectivity index (χ0n) is 31.6. The number of carbonyl (C=O) groups excluding carboxylic acids is 7. The van der Waals surface area contributed by atoms with Gasteiger partial charge in [0.2, 0.25) is 29.4 Å². The molecular weight excluding hydrogens is 656 g/mol. The first-order valence-electron chi connectivity index (χ1n) is 17.7. The number of Topliss-reactive ketones (excluding diaryl/α,β-unsaturated/α-hetero) is 1. The number of amides is 6. The molecule has 6 atom stereocenters. The smallest absolute Gasteiger partial charge is 0.408 e. The van der Waals surface area contributed by atoms with Gasteiger partial charge < -0.3 is 35.8 Å². The Kier molecular flexibility index (Phi) is 13.4. The third kappa shape index (κ3) is 10.1.